The average Bonchev–Trinajstić information content (AvgIpc) is 3.14. The molecule has 1 aromatic carbocycles. The summed E-state index contributed by atoms with van der Waals surface area (Å²) in [5.74, 6) is -2.53. The van der Waals surface area contributed by atoms with Crippen molar-refractivity contribution < 1.29 is 18.7 Å². The summed E-state index contributed by atoms with van der Waals surface area (Å²) in [7, 11) is 0. The number of anilines is 2. The molecule has 0 aliphatic carbocycles. The Morgan fingerprint density at radius 3 is 2.50 bits per heavy atom. The van der Waals surface area contributed by atoms with Crippen molar-refractivity contribution in [2.45, 2.75) is 46.4 Å². The van der Waals surface area contributed by atoms with Gasteiger partial charge in [-0.15, -0.1) is 5.10 Å². The van der Waals surface area contributed by atoms with E-state index in [0.29, 0.717) is 6.42 Å². The number of pyridine rings is 1. The number of aliphatic hydroxyl groups is 1. The van der Waals surface area contributed by atoms with Gasteiger partial charge in [0, 0.05) is 12.6 Å². The van der Waals surface area contributed by atoms with Gasteiger partial charge in [0.15, 0.2) is 17.5 Å². The number of rotatable bonds is 6. The minimum Gasteiger partial charge on any atom is -0.388 e. The van der Waals surface area contributed by atoms with Crippen LogP contribution in [0, 0.1) is 11.6 Å². The lowest BCUT2D eigenvalue weighted by Crippen LogP contribution is -2.51. The lowest BCUT2D eigenvalue weighted by Gasteiger charge is -2.40. The number of para-hydroxylation sites is 1. The number of nitrogens with zero attached hydrogens (tertiary/aromatic N) is 6. The number of hydrogen-bond acceptors (Lipinski definition) is 6. The fourth-order valence-electron chi connectivity index (χ4n) is 3.92. The Morgan fingerprint density at radius 1 is 1.18 bits per heavy atom. The van der Waals surface area contributed by atoms with Gasteiger partial charge >= 0.3 is 5.69 Å². The number of halogens is 3. The van der Waals surface area contributed by atoms with Gasteiger partial charge in [-0.1, -0.05) is 24.6 Å². The molecule has 4 rings (SSSR count). The standard InChI is InChI=1S/C22H23ClF2N6O3/c1-4-12(3)29-11-30(18-14(23)7-6-8-15(18)24)21(33)13-9-16(25)20(26-19(13)29)31-22(34)28(5-2)17(10-32)27-31/h6-9,12,32H,4-5,10-11H2,1-3H3/t12-/m0/s1. The van der Waals surface area contributed by atoms with Crippen molar-refractivity contribution in [2.24, 2.45) is 0 Å². The first kappa shape index (κ1) is 23.8. The molecule has 9 nitrogen and oxygen atoms in total. The molecule has 34 heavy (non-hydrogen) atoms. The molecule has 0 saturated heterocycles. The van der Waals surface area contributed by atoms with Crippen molar-refractivity contribution in [3.05, 3.63) is 62.8 Å². The van der Waals surface area contributed by atoms with E-state index in [-0.39, 0.29) is 47.2 Å². The number of carbonyl (C=O) groups excluding carboxylic acids is 1. The second-order valence-electron chi connectivity index (χ2n) is 7.85. The summed E-state index contributed by atoms with van der Waals surface area (Å²) >= 11 is 6.20. The van der Waals surface area contributed by atoms with Gasteiger partial charge in [0.1, 0.15) is 30.6 Å². The molecular formula is C22H23ClF2N6O3. The smallest absolute Gasteiger partial charge is 0.352 e. The van der Waals surface area contributed by atoms with Crippen LogP contribution in [0.15, 0.2) is 29.1 Å². The van der Waals surface area contributed by atoms with Crippen LogP contribution in [-0.2, 0) is 13.2 Å². The van der Waals surface area contributed by atoms with Gasteiger partial charge in [-0.3, -0.25) is 14.3 Å². The maximum atomic E-state index is 15.2. The lowest BCUT2D eigenvalue weighted by molar-refractivity contribution is 0.0979. The van der Waals surface area contributed by atoms with E-state index in [1.807, 2.05) is 13.8 Å². The van der Waals surface area contributed by atoms with Crippen LogP contribution in [0.25, 0.3) is 5.82 Å². The van der Waals surface area contributed by atoms with E-state index in [4.69, 9.17) is 11.6 Å². The van der Waals surface area contributed by atoms with Gasteiger partial charge in [-0.2, -0.15) is 4.68 Å². The summed E-state index contributed by atoms with van der Waals surface area (Å²) in [6, 6.07) is 4.87. The molecule has 1 aliphatic heterocycles. The highest BCUT2D eigenvalue weighted by Gasteiger charge is 2.37. The van der Waals surface area contributed by atoms with Crippen molar-refractivity contribution in [1.82, 2.24) is 19.3 Å². The Labute approximate surface area is 198 Å². The number of hydrogen-bond donors (Lipinski definition) is 1. The second-order valence-corrected chi connectivity index (χ2v) is 8.26. The van der Waals surface area contributed by atoms with Gasteiger partial charge < -0.3 is 10.0 Å². The van der Waals surface area contributed by atoms with Crippen LogP contribution < -0.4 is 15.5 Å². The molecule has 0 bridgehead atoms. The van der Waals surface area contributed by atoms with E-state index < -0.39 is 35.7 Å². The third kappa shape index (κ3) is 3.74. The van der Waals surface area contributed by atoms with Crippen LogP contribution in [0.3, 0.4) is 0 Å². The van der Waals surface area contributed by atoms with E-state index in [1.54, 1.807) is 11.8 Å². The monoisotopic (exact) mass is 492 g/mol. The minimum atomic E-state index is -0.968. The largest absolute Gasteiger partial charge is 0.388 e. The molecule has 0 saturated carbocycles. The second kappa shape index (κ2) is 9.15. The zero-order valence-electron chi connectivity index (χ0n) is 18.8. The third-order valence-corrected chi connectivity index (χ3v) is 6.21. The molecule has 3 aromatic rings. The highest BCUT2D eigenvalue weighted by atomic mass is 35.5. The maximum Gasteiger partial charge on any atom is 0.352 e. The van der Waals surface area contributed by atoms with E-state index in [0.717, 1.165) is 15.6 Å². The van der Waals surface area contributed by atoms with Crippen molar-refractivity contribution in [2.75, 3.05) is 16.5 Å². The lowest BCUT2D eigenvalue weighted by atomic mass is 10.1. The summed E-state index contributed by atoms with van der Waals surface area (Å²) in [4.78, 5) is 33.3. The molecule has 1 aliphatic rings. The van der Waals surface area contributed by atoms with Crippen molar-refractivity contribution in [3.63, 3.8) is 0 Å². The molecule has 1 atom stereocenters. The van der Waals surface area contributed by atoms with E-state index >= 15 is 4.39 Å². The minimum absolute atomic E-state index is 0.0409. The molecule has 12 heteroatoms. The molecule has 1 amide bonds. The molecule has 0 unspecified atom stereocenters. The van der Waals surface area contributed by atoms with Crippen LogP contribution in [0.1, 0.15) is 43.4 Å². The SMILES string of the molecule is CC[C@H](C)N1CN(c2c(F)cccc2Cl)C(=O)c2cc(F)c(-n3nc(CO)n(CC)c3=O)nc21. The highest BCUT2D eigenvalue weighted by Crippen LogP contribution is 2.36. The molecule has 0 fully saturated rings. The predicted octanol–water partition coefficient (Wildman–Crippen LogP) is 3.10. The Balaban J connectivity index is 1.91. The van der Waals surface area contributed by atoms with Crippen molar-refractivity contribution in [3.8, 4) is 5.82 Å². The zero-order chi connectivity index (χ0) is 24.7. The Morgan fingerprint density at radius 2 is 1.91 bits per heavy atom. The summed E-state index contributed by atoms with van der Waals surface area (Å²) in [5.41, 5.74) is -0.879. The Bertz CT molecular complexity index is 1300. The fourth-order valence-corrected chi connectivity index (χ4v) is 4.19. The summed E-state index contributed by atoms with van der Waals surface area (Å²) < 4.78 is 31.9. The van der Waals surface area contributed by atoms with E-state index in [9.17, 15) is 19.1 Å². The fraction of sp³-hybridized carbons (Fsp3) is 0.364. The van der Waals surface area contributed by atoms with E-state index in [1.165, 1.54) is 22.8 Å². The van der Waals surface area contributed by atoms with Gasteiger partial charge in [0.25, 0.3) is 5.91 Å². The Hall–Kier alpha value is -3.31. The predicted molar refractivity (Wildman–Crippen MR) is 122 cm³/mol. The summed E-state index contributed by atoms with van der Waals surface area (Å²) in [6.45, 7) is 5.12. The molecule has 3 heterocycles. The molecule has 2 aromatic heterocycles. The van der Waals surface area contributed by atoms with Crippen molar-refractivity contribution >= 4 is 29.0 Å². The molecule has 0 spiro atoms. The first-order valence-corrected chi connectivity index (χ1v) is 11.1. The summed E-state index contributed by atoms with van der Waals surface area (Å²) in [5, 5.41) is 13.6. The van der Waals surface area contributed by atoms with Gasteiger partial charge in [-0.25, -0.2) is 18.6 Å². The van der Waals surface area contributed by atoms with Gasteiger partial charge in [0.05, 0.1) is 10.6 Å². The molecule has 0 radical (unpaired) electrons. The first-order valence-electron chi connectivity index (χ1n) is 10.8. The first-order chi connectivity index (χ1) is 16.2. The van der Waals surface area contributed by atoms with Crippen LogP contribution in [-0.4, -0.2) is 43.1 Å². The number of aromatic nitrogens is 4. The number of amides is 1. The molecule has 180 valence electrons. The van der Waals surface area contributed by atoms with Crippen molar-refractivity contribution in [1.29, 1.82) is 0 Å². The maximum absolute atomic E-state index is 15.2. The number of benzene rings is 1. The highest BCUT2D eigenvalue weighted by molar-refractivity contribution is 6.34. The third-order valence-electron chi connectivity index (χ3n) is 5.91. The van der Waals surface area contributed by atoms with E-state index in [2.05, 4.69) is 10.1 Å². The topological polar surface area (TPSA) is 96.5 Å². The van der Waals surface area contributed by atoms with Crippen LogP contribution in [0.5, 0.6) is 0 Å². The average molecular weight is 493 g/mol. The zero-order valence-corrected chi connectivity index (χ0v) is 19.6. The summed E-state index contributed by atoms with van der Waals surface area (Å²) in [6.07, 6.45) is 0.639. The van der Waals surface area contributed by atoms with Gasteiger partial charge in [-0.05, 0) is 38.5 Å². The number of fused-ring (bicyclic) bond motifs is 1. The van der Waals surface area contributed by atoms with Crippen LogP contribution in [0.4, 0.5) is 20.3 Å². The molecule has 1 N–H and O–H groups in total. The number of carbonyl (C=O) groups is 1. The van der Waals surface area contributed by atoms with Crippen LogP contribution in [0.2, 0.25) is 5.02 Å². The number of aliphatic hydroxyl groups excluding tert-OH is 1. The quantitative estimate of drug-likeness (QED) is 0.568. The molecular weight excluding hydrogens is 470 g/mol. The Kier molecular flexibility index (Phi) is 6.41. The van der Waals surface area contributed by atoms with Crippen LogP contribution >= 0.6 is 11.6 Å². The van der Waals surface area contributed by atoms with Gasteiger partial charge in [0.2, 0.25) is 0 Å². The normalized spacial score (nSPS) is 14.5.